The first-order valence-corrected chi connectivity index (χ1v) is 7.36. The average Bonchev–Trinajstić information content (AvgIpc) is 2.94. The van der Waals surface area contributed by atoms with Crippen molar-refractivity contribution in [2.24, 2.45) is 0 Å². The number of morpholine rings is 1. The number of halogens is 1. The number of hydrogen-bond donors (Lipinski definition) is 0. The van der Waals surface area contributed by atoms with Crippen LogP contribution in [0.3, 0.4) is 0 Å². The third-order valence-electron chi connectivity index (χ3n) is 3.62. The fourth-order valence-electron chi connectivity index (χ4n) is 2.84. The molecule has 2 aromatic heterocycles. The summed E-state index contributed by atoms with van der Waals surface area (Å²) in [7, 11) is 0. The molecule has 2 bridgehead atoms. The van der Waals surface area contributed by atoms with Crippen molar-refractivity contribution in [3.63, 3.8) is 0 Å². The first kappa shape index (κ1) is 11.0. The first-order chi connectivity index (χ1) is 8.79. The molecule has 2 aliphatic heterocycles. The van der Waals surface area contributed by atoms with Crippen molar-refractivity contribution in [2.75, 3.05) is 18.0 Å². The van der Waals surface area contributed by atoms with E-state index in [0.29, 0.717) is 17.5 Å². The summed E-state index contributed by atoms with van der Waals surface area (Å²) in [6.45, 7) is 1.82. The molecular weight excluding hydrogens is 270 g/mol. The van der Waals surface area contributed by atoms with Crippen LogP contribution >= 0.6 is 22.9 Å². The van der Waals surface area contributed by atoms with Crippen molar-refractivity contribution in [3.05, 3.63) is 16.7 Å². The number of rotatable bonds is 1. The van der Waals surface area contributed by atoms with E-state index in [0.717, 1.165) is 42.0 Å². The Balaban J connectivity index is 1.79. The van der Waals surface area contributed by atoms with Gasteiger partial charge in [-0.05, 0) is 35.9 Å². The molecule has 0 spiro atoms. The molecule has 0 radical (unpaired) electrons. The fraction of sp³-hybridized carbons (Fsp3) is 0.500. The van der Waals surface area contributed by atoms with Gasteiger partial charge in [-0.3, -0.25) is 0 Å². The summed E-state index contributed by atoms with van der Waals surface area (Å²) in [5.41, 5.74) is 0. The van der Waals surface area contributed by atoms with Gasteiger partial charge in [0.25, 0.3) is 0 Å². The van der Waals surface area contributed by atoms with Crippen LogP contribution in [0.1, 0.15) is 12.8 Å². The van der Waals surface area contributed by atoms with E-state index >= 15 is 0 Å². The molecule has 2 aliphatic rings. The van der Waals surface area contributed by atoms with E-state index in [4.69, 9.17) is 16.3 Å². The van der Waals surface area contributed by atoms with Gasteiger partial charge in [0.2, 0.25) is 5.28 Å². The molecule has 2 aromatic rings. The molecule has 94 valence electrons. The van der Waals surface area contributed by atoms with Crippen LogP contribution in [0.15, 0.2) is 11.4 Å². The van der Waals surface area contributed by atoms with Gasteiger partial charge >= 0.3 is 0 Å². The second-order valence-corrected chi connectivity index (χ2v) is 6.05. The Morgan fingerprint density at radius 2 is 2.06 bits per heavy atom. The minimum atomic E-state index is 0.332. The Morgan fingerprint density at radius 3 is 2.83 bits per heavy atom. The molecule has 18 heavy (non-hydrogen) atoms. The van der Waals surface area contributed by atoms with E-state index in [9.17, 15) is 0 Å². The summed E-state index contributed by atoms with van der Waals surface area (Å²) in [6, 6.07) is 2.07. The maximum atomic E-state index is 6.01. The highest BCUT2D eigenvalue weighted by Crippen LogP contribution is 2.34. The molecule has 0 N–H and O–H groups in total. The lowest BCUT2D eigenvalue weighted by molar-refractivity contribution is 0.0303. The fourth-order valence-corrected chi connectivity index (χ4v) is 3.82. The van der Waals surface area contributed by atoms with E-state index in [1.54, 1.807) is 11.3 Å². The molecule has 2 atom stereocenters. The zero-order valence-electron chi connectivity index (χ0n) is 9.67. The smallest absolute Gasteiger partial charge is 0.225 e. The van der Waals surface area contributed by atoms with Crippen molar-refractivity contribution >= 4 is 39.0 Å². The topological polar surface area (TPSA) is 38.2 Å². The highest BCUT2D eigenvalue weighted by molar-refractivity contribution is 7.16. The second-order valence-electron chi connectivity index (χ2n) is 4.82. The highest BCUT2D eigenvalue weighted by atomic mass is 35.5. The molecule has 0 aromatic carbocycles. The maximum absolute atomic E-state index is 6.01. The Morgan fingerprint density at radius 1 is 1.28 bits per heavy atom. The molecule has 2 unspecified atom stereocenters. The normalized spacial score (nSPS) is 27.1. The van der Waals surface area contributed by atoms with Crippen LogP contribution in [0.4, 0.5) is 5.82 Å². The molecule has 4 nitrogen and oxygen atoms in total. The van der Waals surface area contributed by atoms with Gasteiger partial charge in [0.1, 0.15) is 10.6 Å². The molecule has 0 amide bonds. The number of hydrogen-bond acceptors (Lipinski definition) is 5. The predicted molar refractivity (Wildman–Crippen MR) is 72.5 cm³/mol. The number of ether oxygens (including phenoxy) is 1. The minimum Gasteiger partial charge on any atom is -0.371 e. The standard InChI is InChI=1S/C12H12ClN3OS/c13-12-14-10(9-3-4-18-11(9)15-12)16-5-7-1-2-8(6-16)17-7/h3-4,7-8H,1-2,5-6H2. The lowest BCUT2D eigenvalue weighted by atomic mass is 10.2. The summed E-state index contributed by atoms with van der Waals surface area (Å²) in [4.78, 5) is 11.9. The zero-order chi connectivity index (χ0) is 12.1. The predicted octanol–water partition coefficient (Wildman–Crippen LogP) is 2.71. The van der Waals surface area contributed by atoms with Crippen molar-refractivity contribution < 1.29 is 4.74 Å². The largest absolute Gasteiger partial charge is 0.371 e. The maximum Gasteiger partial charge on any atom is 0.225 e. The van der Waals surface area contributed by atoms with Gasteiger partial charge in [-0.1, -0.05) is 0 Å². The van der Waals surface area contributed by atoms with Gasteiger partial charge in [-0.25, -0.2) is 4.98 Å². The van der Waals surface area contributed by atoms with Crippen molar-refractivity contribution in [1.82, 2.24) is 9.97 Å². The molecule has 4 heterocycles. The molecule has 2 fully saturated rings. The van der Waals surface area contributed by atoms with Crippen molar-refractivity contribution in [2.45, 2.75) is 25.0 Å². The van der Waals surface area contributed by atoms with Crippen LogP contribution in [0.5, 0.6) is 0 Å². The quantitative estimate of drug-likeness (QED) is 0.754. The van der Waals surface area contributed by atoms with Crippen LogP contribution in [-0.2, 0) is 4.74 Å². The van der Waals surface area contributed by atoms with Gasteiger partial charge in [-0.2, -0.15) is 4.98 Å². The minimum absolute atomic E-state index is 0.332. The Labute approximate surface area is 114 Å². The Hall–Kier alpha value is -0.910. The molecule has 6 heteroatoms. The number of fused-ring (bicyclic) bond motifs is 3. The van der Waals surface area contributed by atoms with Gasteiger partial charge in [0.15, 0.2) is 0 Å². The van der Waals surface area contributed by atoms with E-state index in [2.05, 4.69) is 20.9 Å². The van der Waals surface area contributed by atoms with Crippen molar-refractivity contribution in [1.29, 1.82) is 0 Å². The molecule has 0 saturated carbocycles. The SMILES string of the molecule is Clc1nc(N2CC3CCC(C2)O3)c2ccsc2n1. The highest BCUT2D eigenvalue weighted by Gasteiger charge is 2.34. The zero-order valence-corrected chi connectivity index (χ0v) is 11.2. The summed E-state index contributed by atoms with van der Waals surface area (Å²) >= 11 is 7.62. The third-order valence-corrected chi connectivity index (χ3v) is 4.60. The van der Waals surface area contributed by atoms with E-state index in [1.807, 2.05) is 5.38 Å². The third kappa shape index (κ3) is 1.69. The Bertz CT molecular complexity index is 590. The summed E-state index contributed by atoms with van der Waals surface area (Å²) < 4.78 is 5.86. The lowest BCUT2D eigenvalue weighted by Gasteiger charge is -2.33. The lowest BCUT2D eigenvalue weighted by Crippen LogP contribution is -2.43. The summed E-state index contributed by atoms with van der Waals surface area (Å²) in [5, 5.41) is 3.47. The average molecular weight is 282 g/mol. The van der Waals surface area contributed by atoms with Crippen LogP contribution in [-0.4, -0.2) is 35.3 Å². The summed E-state index contributed by atoms with van der Waals surface area (Å²) in [5.74, 6) is 0.964. The van der Waals surface area contributed by atoms with Gasteiger partial charge in [0.05, 0.1) is 17.6 Å². The molecular formula is C12H12ClN3OS. The van der Waals surface area contributed by atoms with E-state index in [1.165, 1.54) is 0 Å². The second kappa shape index (κ2) is 4.05. The summed E-state index contributed by atoms with van der Waals surface area (Å²) in [6.07, 6.45) is 3.02. The molecule has 2 saturated heterocycles. The first-order valence-electron chi connectivity index (χ1n) is 6.11. The number of nitrogens with zero attached hydrogens (tertiary/aromatic N) is 3. The number of thiophene rings is 1. The van der Waals surface area contributed by atoms with E-state index < -0.39 is 0 Å². The van der Waals surface area contributed by atoms with Crippen LogP contribution in [0.25, 0.3) is 10.2 Å². The monoisotopic (exact) mass is 281 g/mol. The number of aromatic nitrogens is 2. The van der Waals surface area contributed by atoms with E-state index in [-0.39, 0.29) is 0 Å². The van der Waals surface area contributed by atoms with Crippen LogP contribution < -0.4 is 4.90 Å². The van der Waals surface area contributed by atoms with Gasteiger partial charge in [0, 0.05) is 13.1 Å². The molecule has 4 rings (SSSR count). The Kier molecular flexibility index (Phi) is 2.46. The van der Waals surface area contributed by atoms with Crippen LogP contribution in [0, 0.1) is 0 Å². The molecule has 0 aliphatic carbocycles. The van der Waals surface area contributed by atoms with Gasteiger partial charge in [-0.15, -0.1) is 11.3 Å². The van der Waals surface area contributed by atoms with Crippen LogP contribution in [0.2, 0.25) is 5.28 Å². The number of anilines is 1. The van der Waals surface area contributed by atoms with Crippen molar-refractivity contribution in [3.8, 4) is 0 Å². The van der Waals surface area contributed by atoms with Gasteiger partial charge < -0.3 is 9.64 Å².